The van der Waals surface area contributed by atoms with E-state index in [4.69, 9.17) is 16.3 Å². The van der Waals surface area contributed by atoms with Gasteiger partial charge < -0.3 is 9.84 Å². The zero-order valence-electron chi connectivity index (χ0n) is 14.8. The fourth-order valence-corrected chi connectivity index (χ4v) is 2.92. The van der Waals surface area contributed by atoms with Gasteiger partial charge in [0.2, 0.25) is 0 Å². The number of hydrogen-bond acceptors (Lipinski definition) is 5. The van der Waals surface area contributed by atoms with Gasteiger partial charge in [0.05, 0.1) is 16.8 Å². The lowest BCUT2D eigenvalue weighted by Crippen LogP contribution is -2.17. The second kappa shape index (κ2) is 9.36. The number of amides is 1. The molecule has 3 rings (SSSR count). The van der Waals surface area contributed by atoms with E-state index in [-0.39, 0.29) is 22.1 Å². The third-order valence-corrected chi connectivity index (χ3v) is 4.59. The number of nitrogens with one attached hydrogen (secondary N) is 1. The van der Waals surface area contributed by atoms with Gasteiger partial charge in [-0.15, -0.1) is 0 Å². The normalized spacial score (nSPS) is 10.7. The number of hydrogen-bond donors (Lipinski definition) is 2. The third-order valence-electron chi connectivity index (χ3n) is 3.77. The minimum absolute atomic E-state index is 0.0594. The molecular formula is C21H14BrClN2O4. The van der Waals surface area contributed by atoms with Crippen molar-refractivity contribution in [2.24, 2.45) is 5.10 Å². The molecule has 0 fully saturated rings. The molecule has 0 unspecified atom stereocenters. The van der Waals surface area contributed by atoms with E-state index in [2.05, 4.69) is 26.5 Å². The molecule has 3 aromatic carbocycles. The standard InChI is InChI=1S/C21H14BrClN2O4/c22-15-7-10-19(29-21(28)17-3-1-2-4-18(17)23)14(11-15)12-24-25-20(27)13-5-8-16(26)9-6-13/h1-12,26H,(H,25,27)/b24-12+. The molecular weight excluding hydrogens is 460 g/mol. The van der Waals surface area contributed by atoms with Crippen molar-refractivity contribution >= 4 is 45.6 Å². The van der Waals surface area contributed by atoms with E-state index < -0.39 is 11.9 Å². The van der Waals surface area contributed by atoms with Crippen molar-refractivity contribution in [2.75, 3.05) is 0 Å². The zero-order chi connectivity index (χ0) is 20.8. The van der Waals surface area contributed by atoms with Gasteiger partial charge in [0, 0.05) is 15.6 Å². The number of nitrogens with zero attached hydrogens (tertiary/aromatic N) is 1. The van der Waals surface area contributed by atoms with E-state index in [1.165, 1.54) is 30.5 Å². The Morgan fingerprint density at radius 2 is 1.79 bits per heavy atom. The first-order chi connectivity index (χ1) is 13.9. The lowest BCUT2D eigenvalue weighted by molar-refractivity contribution is 0.0734. The van der Waals surface area contributed by atoms with Crippen LogP contribution >= 0.6 is 27.5 Å². The van der Waals surface area contributed by atoms with Gasteiger partial charge in [0.1, 0.15) is 11.5 Å². The lowest BCUT2D eigenvalue weighted by Gasteiger charge is -2.09. The van der Waals surface area contributed by atoms with Crippen molar-refractivity contribution in [3.8, 4) is 11.5 Å². The maximum Gasteiger partial charge on any atom is 0.345 e. The van der Waals surface area contributed by atoms with Gasteiger partial charge >= 0.3 is 5.97 Å². The van der Waals surface area contributed by atoms with Gasteiger partial charge in [0.25, 0.3) is 5.91 Å². The monoisotopic (exact) mass is 472 g/mol. The van der Waals surface area contributed by atoms with Crippen LogP contribution in [0.1, 0.15) is 26.3 Å². The summed E-state index contributed by atoms with van der Waals surface area (Å²) in [7, 11) is 0. The van der Waals surface area contributed by atoms with E-state index in [9.17, 15) is 14.7 Å². The van der Waals surface area contributed by atoms with Crippen LogP contribution in [0.2, 0.25) is 5.02 Å². The first-order valence-corrected chi connectivity index (χ1v) is 9.50. The molecule has 0 saturated carbocycles. The average molecular weight is 474 g/mol. The Kier molecular flexibility index (Phi) is 6.64. The molecule has 0 saturated heterocycles. The molecule has 0 heterocycles. The Balaban J connectivity index is 1.75. The Hall–Kier alpha value is -3.16. The highest BCUT2D eigenvalue weighted by Gasteiger charge is 2.14. The molecule has 1 amide bonds. The predicted octanol–water partition coefficient (Wildman–Crippen LogP) is 4.79. The van der Waals surface area contributed by atoms with Gasteiger partial charge in [0.15, 0.2) is 0 Å². The second-order valence-corrected chi connectivity index (χ2v) is 7.12. The quantitative estimate of drug-likeness (QED) is 0.241. The number of carbonyl (C=O) groups is 2. The first kappa shape index (κ1) is 20.6. The Bertz CT molecular complexity index is 1080. The number of ether oxygens (including phenoxy) is 1. The van der Waals surface area contributed by atoms with Crippen molar-refractivity contribution < 1.29 is 19.4 Å². The van der Waals surface area contributed by atoms with Gasteiger partial charge in [-0.05, 0) is 54.6 Å². The summed E-state index contributed by atoms with van der Waals surface area (Å²) in [5.74, 6) is -0.753. The molecule has 0 spiro atoms. The van der Waals surface area contributed by atoms with Crippen molar-refractivity contribution in [3.63, 3.8) is 0 Å². The summed E-state index contributed by atoms with van der Waals surface area (Å²) in [4.78, 5) is 24.5. The van der Waals surface area contributed by atoms with Gasteiger partial charge in [-0.25, -0.2) is 10.2 Å². The third kappa shape index (κ3) is 5.43. The second-order valence-electron chi connectivity index (χ2n) is 5.80. The number of phenolic OH excluding ortho intramolecular Hbond substituents is 1. The minimum atomic E-state index is -0.610. The Labute approximate surface area is 179 Å². The summed E-state index contributed by atoms with van der Waals surface area (Å²) < 4.78 is 6.18. The molecule has 146 valence electrons. The number of phenols is 1. The van der Waals surface area contributed by atoms with E-state index in [0.29, 0.717) is 11.1 Å². The largest absolute Gasteiger partial charge is 0.508 e. The smallest absolute Gasteiger partial charge is 0.345 e. The van der Waals surface area contributed by atoms with Crippen LogP contribution in [-0.2, 0) is 0 Å². The number of halogens is 2. The summed E-state index contributed by atoms with van der Waals surface area (Å²) in [6, 6.07) is 17.3. The SMILES string of the molecule is O=C(N/N=C/c1cc(Br)ccc1OC(=O)c1ccccc1Cl)c1ccc(O)cc1. The van der Waals surface area contributed by atoms with E-state index in [1.54, 1.807) is 42.5 Å². The van der Waals surface area contributed by atoms with Crippen molar-refractivity contribution in [1.29, 1.82) is 0 Å². The van der Waals surface area contributed by atoms with Crippen molar-refractivity contribution in [2.45, 2.75) is 0 Å². The maximum absolute atomic E-state index is 12.4. The number of esters is 1. The van der Waals surface area contributed by atoms with Gasteiger partial charge in [-0.1, -0.05) is 39.7 Å². The van der Waals surface area contributed by atoms with Gasteiger partial charge in [-0.2, -0.15) is 5.10 Å². The molecule has 2 N–H and O–H groups in total. The molecule has 29 heavy (non-hydrogen) atoms. The van der Waals surface area contributed by atoms with Crippen LogP contribution in [0.5, 0.6) is 11.5 Å². The molecule has 0 aliphatic rings. The van der Waals surface area contributed by atoms with Crippen LogP contribution in [0.3, 0.4) is 0 Å². The predicted molar refractivity (Wildman–Crippen MR) is 114 cm³/mol. The topological polar surface area (TPSA) is 88.0 Å². The molecule has 0 aliphatic carbocycles. The van der Waals surface area contributed by atoms with Crippen molar-refractivity contribution in [3.05, 3.63) is 92.9 Å². The van der Waals surface area contributed by atoms with Crippen LogP contribution in [0.25, 0.3) is 0 Å². The zero-order valence-corrected chi connectivity index (χ0v) is 17.1. The summed E-state index contributed by atoms with van der Waals surface area (Å²) in [5, 5.41) is 13.5. The van der Waals surface area contributed by atoms with E-state index >= 15 is 0 Å². The summed E-state index contributed by atoms with van der Waals surface area (Å²) >= 11 is 9.39. The number of carbonyl (C=O) groups excluding carboxylic acids is 2. The summed E-state index contributed by atoms with van der Waals surface area (Å²) in [5.41, 5.74) is 3.41. The Morgan fingerprint density at radius 3 is 2.52 bits per heavy atom. The van der Waals surface area contributed by atoms with Crippen LogP contribution in [0.4, 0.5) is 0 Å². The van der Waals surface area contributed by atoms with Crippen LogP contribution in [0, 0.1) is 0 Å². The summed E-state index contributed by atoms with van der Waals surface area (Å²) in [6.45, 7) is 0. The lowest BCUT2D eigenvalue weighted by atomic mass is 10.2. The number of rotatable bonds is 5. The molecule has 0 atom stereocenters. The molecule has 6 nitrogen and oxygen atoms in total. The minimum Gasteiger partial charge on any atom is -0.508 e. The molecule has 0 radical (unpaired) electrons. The highest BCUT2D eigenvalue weighted by molar-refractivity contribution is 9.10. The molecule has 0 aromatic heterocycles. The summed E-state index contributed by atoms with van der Waals surface area (Å²) in [6.07, 6.45) is 1.36. The van der Waals surface area contributed by atoms with E-state index in [1.807, 2.05) is 0 Å². The van der Waals surface area contributed by atoms with Crippen LogP contribution < -0.4 is 10.2 Å². The molecule has 8 heteroatoms. The van der Waals surface area contributed by atoms with Gasteiger partial charge in [-0.3, -0.25) is 4.79 Å². The molecule has 0 bridgehead atoms. The average Bonchev–Trinajstić information content (AvgIpc) is 2.70. The van der Waals surface area contributed by atoms with Crippen LogP contribution in [0.15, 0.2) is 76.3 Å². The van der Waals surface area contributed by atoms with Crippen molar-refractivity contribution in [1.82, 2.24) is 5.43 Å². The number of aromatic hydroxyl groups is 1. The molecule has 0 aliphatic heterocycles. The first-order valence-electron chi connectivity index (χ1n) is 8.33. The fraction of sp³-hybridized carbons (Fsp3) is 0. The molecule has 3 aromatic rings. The maximum atomic E-state index is 12.4. The van der Waals surface area contributed by atoms with Crippen LogP contribution in [-0.4, -0.2) is 23.2 Å². The Morgan fingerprint density at radius 1 is 1.07 bits per heavy atom. The fourth-order valence-electron chi connectivity index (χ4n) is 2.33. The highest BCUT2D eigenvalue weighted by Crippen LogP contribution is 2.24. The number of benzene rings is 3. The van der Waals surface area contributed by atoms with E-state index in [0.717, 1.165) is 4.47 Å². The number of hydrazone groups is 1. The highest BCUT2D eigenvalue weighted by atomic mass is 79.9.